The molecule has 2 heterocycles. The molecule has 0 bridgehead atoms. The van der Waals surface area contributed by atoms with Crippen molar-refractivity contribution in [2.45, 2.75) is 0 Å². The lowest BCUT2D eigenvalue weighted by molar-refractivity contribution is 1.64. The highest BCUT2D eigenvalue weighted by atomic mass is 31.1. The highest BCUT2D eigenvalue weighted by Gasteiger charge is 2.21. The van der Waals surface area contributed by atoms with E-state index in [1.54, 1.807) is 0 Å². The van der Waals surface area contributed by atoms with Gasteiger partial charge in [-0.05, 0) is 119 Å². The Labute approximate surface area is 339 Å². The summed E-state index contributed by atoms with van der Waals surface area (Å²) >= 11 is 0. The van der Waals surface area contributed by atoms with E-state index >= 15 is 0 Å². The summed E-state index contributed by atoms with van der Waals surface area (Å²) in [6.45, 7) is 4.85. The van der Waals surface area contributed by atoms with Gasteiger partial charge in [0.1, 0.15) is 0 Å². The van der Waals surface area contributed by atoms with Gasteiger partial charge in [-0.1, -0.05) is 176 Å². The molecule has 0 radical (unpaired) electrons. The summed E-state index contributed by atoms with van der Waals surface area (Å²) in [5.41, 5.74) is 10.2. The fourth-order valence-corrected chi connectivity index (χ4v) is 14.1. The van der Waals surface area contributed by atoms with E-state index < -0.39 is 15.1 Å². The lowest BCUT2D eigenvalue weighted by Gasteiger charge is -2.19. The van der Waals surface area contributed by atoms with Crippen molar-refractivity contribution >= 4 is 89.4 Å². The Bertz CT molecular complexity index is 3460. The molecule has 0 amide bonds. The molecule has 0 saturated heterocycles. The monoisotopic (exact) mass is 772 g/mol. The van der Waals surface area contributed by atoms with Crippen LogP contribution in [0.15, 0.2) is 194 Å². The predicted octanol–water partition coefficient (Wildman–Crippen LogP) is 17.5. The molecule has 58 heavy (non-hydrogen) atoms. The van der Waals surface area contributed by atoms with Gasteiger partial charge in [0.15, 0.2) is 0 Å². The third-order valence-electron chi connectivity index (χ3n) is 12.7. The molecule has 0 nitrogen and oxygen atoms in total. The minimum Gasteiger partial charge on any atom is -0.112 e. The van der Waals surface area contributed by atoms with Crippen molar-refractivity contribution in [3.8, 4) is 44.5 Å². The molecule has 0 spiro atoms. The Morgan fingerprint density at radius 2 is 0.724 bits per heavy atom. The van der Waals surface area contributed by atoms with Crippen molar-refractivity contribution in [1.82, 2.24) is 0 Å². The fraction of sp³-hybridized carbons (Fsp3) is 0.0357. The molecule has 10 aromatic carbocycles. The average Bonchev–Trinajstić information content (AvgIpc) is 3.75. The summed E-state index contributed by atoms with van der Waals surface area (Å²) in [6, 6.07) is 73.4. The van der Waals surface area contributed by atoms with Gasteiger partial charge in [-0.3, -0.25) is 0 Å². The zero-order chi connectivity index (χ0) is 38.5. The zero-order valence-corrected chi connectivity index (χ0v) is 34.2. The fourth-order valence-electron chi connectivity index (χ4n) is 10.1. The highest BCUT2D eigenvalue weighted by Crippen LogP contribution is 2.53. The third-order valence-corrected chi connectivity index (χ3v) is 17.1. The van der Waals surface area contributed by atoms with E-state index in [-0.39, 0.29) is 0 Å². The van der Waals surface area contributed by atoms with E-state index in [0.717, 1.165) is 0 Å². The van der Waals surface area contributed by atoms with E-state index in [0.29, 0.717) is 0 Å². The molecule has 12 rings (SSSR count). The number of rotatable bonds is 4. The number of aryl methyl sites for hydroxylation is 2. The molecule has 0 aliphatic carbocycles. The van der Waals surface area contributed by atoms with Crippen molar-refractivity contribution in [2.24, 2.45) is 13.3 Å². The van der Waals surface area contributed by atoms with Crippen LogP contribution in [0, 0.1) is 0 Å². The summed E-state index contributed by atoms with van der Waals surface area (Å²) in [7, 11) is -0.844. The van der Waals surface area contributed by atoms with Gasteiger partial charge in [0.2, 0.25) is 0 Å². The SMILES string of the molecule is Cp1c2ccccc2c2c(-c3cccc4c(-c5cc(-c6ccccc6)c6ccccc6c5)c5cccc(-c6cccc7c6c6ccccc6p7C)c5cc34)cccc21. The lowest BCUT2D eigenvalue weighted by atomic mass is 9.84. The average molecular weight is 773 g/mol. The molecular weight excluding hydrogens is 735 g/mol. The van der Waals surface area contributed by atoms with Gasteiger partial charge in [0.25, 0.3) is 0 Å². The van der Waals surface area contributed by atoms with Crippen molar-refractivity contribution < 1.29 is 0 Å². The van der Waals surface area contributed by atoms with E-state index in [1.807, 2.05) is 0 Å². The summed E-state index contributed by atoms with van der Waals surface area (Å²) in [6.07, 6.45) is 0. The second-order valence-electron chi connectivity index (χ2n) is 15.7. The number of benzene rings is 10. The molecule has 0 saturated carbocycles. The largest absolute Gasteiger partial charge is 0.112 e. The normalized spacial score (nSPS) is 12.6. The van der Waals surface area contributed by atoms with Gasteiger partial charge in [-0.15, -0.1) is 15.1 Å². The van der Waals surface area contributed by atoms with Gasteiger partial charge in [0, 0.05) is 31.2 Å². The van der Waals surface area contributed by atoms with E-state index in [4.69, 9.17) is 0 Å². The van der Waals surface area contributed by atoms with Crippen LogP contribution in [0.3, 0.4) is 0 Å². The topological polar surface area (TPSA) is 0 Å². The Morgan fingerprint density at radius 1 is 0.276 bits per heavy atom. The van der Waals surface area contributed by atoms with E-state index in [2.05, 4.69) is 207 Å². The summed E-state index contributed by atoms with van der Waals surface area (Å²) in [5.74, 6) is 0. The second-order valence-corrected chi connectivity index (χ2v) is 19.9. The Hall–Kier alpha value is -6.42. The maximum Gasteiger partial charge on any atom is 0.00274 e. The Kier molecular flexibility index (Phi) is 7.59. The molecule has 2 atom stereocenters. The molecule has 0 N–H and O–H groups in total. The van der Waals surface area contributed by atoms with Gasteiger partial charge in [-0.2, -0.15) is 0 Å². The van der Waals surface area contributed by atoms with Gasteiger partial charge in [-0.25, -0.2) is 0 Å². The number of fused-ring (bicyclic) bond motifs is 9. The number of hydrogen-bond donors (Lipinski definition) is 0. The van der Waals surface area contributed by atoms with Gasteiger partial charge < -0.3 is 0 Å². The Balaban J connectivity index is 1.25. The maximum atomic E-state index is 2.53. The van der Waals surface area contributed by atoms with Gasteiger partial charge in [0.05, 0.1) is 0 Å². The number of hydrogen-bond acceptors (Lipinski definition) is 0. The predicted molar refractivity (Wildman–Crippen MR) is 258 cm³/mol. The first-order valence-electron chi connectivity index (χ1n) is 20.1. The highest BCUT2D eigenvalue weighted by molar-refractivity contribution is 7.60. The van der Waals surface area contributed by atoms with Crippen LogP contribution in [0.5, 0.6) is 0 Å². The zero-order valence-electron chi connectivity index (χ0n) is 32.4. The molecule has 2 heteroatoms. The molecule has 0 aliphatic rings. The molecule has 0 fully saturated rings. The standard InChI is InChI=1S/C56H38P2/c1-57-50-28-10-8-20-45(50)55-41(26-14-30-52(55)57)39-22-12-24-43-48(39)34-49-40(42-27-15-31-53-56(42)46-21-9-11-29-51(46)58(53)2)23-13-25-44(49)54(43)37-32-36-18-6-7-19-38(36)47(33-37)35-16-4-3-5-17-35/h3-34H,1-2H3. The first-order chi connectivity index (χ1) is 28.6. The van der Waals surface area contributed by atoms with Crippen LogP contribution < -0.4 is 0 Å². The second kappa shape index (κ2) is 13.1. The van der Waals surface area contributed by atoms with Crippen molar-refractivity contribution in [1.29, 1.82) is 0 Å². The van der Waals surface area contributed by atoms with Crippen LogP contribution in [-0.2, 0) is 13.3 Å². The van der Waals surface area contributed by atoms with Crippen LogP contribution in [0.2, 0.25) is 0 Å². The smallest absolute Gasteiger partial charge is 0.00274 e. The summed E-state index contributed by atoms with van der Waals surface area (Å²) < 4.78 is 0. The van der Waals surface area contributed by atoms with E-state index in [1.165, 1.54) is 119 Å². The molecule has 0 aliphatic heterocycles. The van der Waals surface area contributed by atoms with Crippen LogP contribution in [0.4, 0.5) is 0 Å². The quantitative estimate of drug-likeness (QED) is 0.156. The molecule has 272 valence electrons. The molecule has 12 aromatic rings. The Morgan fingerprint density at radius 3 is 1.31 bits per heavy atom. The first-order valence-corrected chi connectivity index (χ1v) is 23.7. The maximum absolute atomic E-state index is 2.53. The molecule has 2 unspecified atom stereocenters. The molecule has 2 aromatic heterocycles. The first kappa shape index (κ1) is 33.7. The van der Waals surface area contributed by atoms with Gasteiger partial charge >= 0.3 is 0 Å². The van der Waals surface area contributed by atoms with Crippen molar-refractivity contribution in [3.63, 3.8) is 0 Å². The minimum absolute atomic E-state index is 0.422. The minimum atomic E-state index is -0.422. The van der Waals surface area contributed by atoms with Crippen LogP contribution in [0.25, 0.3) is 119 Å². The van der Waals surface area contributed by atoms with E-state index in [9.17, 15) is 0 Å². The third kappa shape index (κ3) is 4.90. The van der Waals surface area contributed by atoms with Crippen molar-refractivity contribution in [3.05, 3.63) is 194 Å². The molecular formula is C56H38P2. The van der Waals surface area contributed by atoms with Crippen molar-refractivity contribution in [2.75, 3.05) is 0 Å². The van der Waals surface area contributed by atoms with Crippen LogP contribution in [-0.4, -0.2) is 0 Å². The lowest BCUT2D eigenvalue weighted by Crippen LogP contribution is -1.92. The summed E-state index contributed by atoms with van der Waals surface area (Å²) in [4.78, 5) is 0. The summed E-state index contributed by atoms with van der Waals surface area (Å²) in [5, 5.41) is 19.1. The van der Waals surface area contributed by atoms with Crippen LogP contribution >= 0.6 is 15.1 Å². The van der Waals surface area contributed by atoms with Crippen LogP contribution in [0.1, 0.15) is 0 Å².